The first-order chi connectivity index (χ1) is 9.56. The van der Waals surface area contributed by atoms with Crippen LogP contribution in [-0.2, 0) is 0 Å². The molecule has 3 rings (SSSR count). The Kier molecular flexibility index (Phi) is 3.52. The van der Waals surface area contributed by atoms with Crippen LogP contribution in [0.4, 0.5) is 0 Å². The molecule has 0 aliphatic carbocycles. The summed E-state index contributed by atoms with van der Waals surface area (Å²) in [5, 5.41) is 8.23. The molecule has 4 nitrogen and oxygen atoms in total. The van der Waals surface area contributed by atoms with Gasteiger partial charge in [0.05, 0.1) is 6.04 Å². The van der Waals surface area contributed by atoms with E-state index in [-0.39, 0.29) is 11.5 Å². The van der Waals surface area contributed by atoms with Crippen LogP contribution in [0.25, 0.3) is 11.4 Å². The maximum absolute atomic E-state index is 6.00. The lowest BCUT2D eigenvalue weighted by atomic mass is 9.77. The van der Waals surface area contributed by atoms with E-state index in [0.717, 1.165) is 18.5 Å². The maximum Gasteiger partial charge on any atom is 0.244 e. The molecule has 1 aromatic carbocycles. The third-order valence-corrected chi connectivity index (χ3v) is 4.13. The Bertz CT molecular complexity index is 609. The molecule has 2 aromatic rings. The minimum atomic E-state index is 0.108. The Morgan fingerprint density at radius 2 is 2.25 bits per heavy atom. The highest BCUT2D eigenvalue weighted by Crippen LogP contribution is 2.39. The van der Waals surface area contributed by atoms with Crippen LogP contribution in [-0.4, -0.2) is 16.7 Å². The zero-order valence-electron chi connectivity index (χ0n) is 11.7. The molecule has 5 heteroatoms. The Hall–Kier alpha value is -1.39. The highest BCUT2D eigenvalue weighted by atomic mass is 35.5. The molecule has 0 saturated carbocycles. The highest BCUT2D eigenvalue weighted by Gasteiger charge is 2.37. The number of rotatable bonds is 2. The van der Waals surface area contributed by atoms with Crippen LogP contribution in [0.1, 0.15) is 38.6 Å². The molecule has 0 radical (unpaired) electrons. The SMILES string of the molecule is CC1(C)CCCNC1c1nc(-c2cccc(Cl)c2)no1. The molecule has 1 aliphatic rings. The van der Waals surface area contributed by atoms with Crippen LogP contribution in [0.15, 0.2) is 28.8 Å². The predicted molar refractivity (Wildman–Crippen MR) is 78.5 cm³/mol. The van der Waals surface area contributed by atoms with Gasteiger partial charge in [-0.15, -0.1) is 0 Å². The largest absolute Gasteiger partial charge is 0.337 e. The van der Waals surface area contributed by atoms with Gasteiger partial charge >= 0.3 is 0 Å². The molecule has 1 aromatic heterocycles. The topological polar surface area (TPSA) is 51.0 Å². The molecule has 20 heavy (non-hydrogen) atoms. The normalized spacial score (nSPS) is 21.9. The van der Waals surface area contributed by atoms with Crippen molar-refractivity contribution >= 4 is 11.6 Å². The smallest absolute Gasteiger partial charge is 0.244 e. The third-order valence-electron chi connectivity index (χ3n) is 3.90. The van der Waals surface area contributed by atoms with Gasteiger partial charge in [-0.25, -0.2) is 0 Å². The lowest BCUT2D eigenvalue weighted by molar-refractivity contribution is 0.146. The lowest BCUT2D eigenvalue weighted by Gasteiger charge is -2.36. The van der Waals surface area contributed by atoms with Crippen LogP contribution in [0.5, 0.6) is 0 Å². The molecule has 1 N–H and O–H groups in total. The van der Waals surface area contributed by atoms with Gasteiger partial charge in [0.25, 0.3) is 0 Å². The number of nitrogens with one attached hydrogen (secondary N) is 1. The number of hydrogen-bond donors (Lipinski definition) is 1. The van der Waals surface area contributed by atoms with Crippen LogP contribution in [0.3, 0.4) is 0 Å². The quantitative estimate of drug-likeness (QED) is 0.913. The van der Waals surface area contributed by atoms with E-state index in [9.17, 15) is 0 Å². The fourth-order valence-electron chi connectivity index (χ4n) is 2.73. The van der Waals surface area contributed by atoms with Crippen LogP contribution in [0.2, 0.25) is 5.02 Å². The van der Waals surface area contributed by atoms with E-state index < -0.39 is 0 Å². The second kappa shape index (κ2) is 5.19. The number of benzene rings is 1. The van der Waals surface area contributed by atoms with E-state index in [0.29, 0.717) is 16.7 Å². The number of nitrogens with zero attached hydrogens (tertiary/aromatic N) is 2. The Labute approximate surface area is 123 Å². The number of piperidine rings is 1. The summed E-state index contributed by atoms with van der Waals surface area (Å²) in [6.07, 6.45) is 2.33. The van der Waals surface area contributed by atoms with Crippen molar-refractivity contribution in [1.82, 2.24) is 15.5 Å². The van der Waals surface area contributed by atoms with Crippen molar-refractivity contribution in [2.75, 3.05) is 6.54 Å². The van der Waals surface area contributed by atoms with Crippen molar-refractivity contribution in [3.63, 3.8) is 0 Å². The van der Waals surface area contributed by atoms with Gasteiger partial charge < -0.3 is 9.84 Å². The van der Waals surface area contributed by atoms with E-state index in [1.165, 1.54) is 6.42 Å². The molecule has 0 bridgehead atoms. The molecule has 106 valence electrons. The summed E-state index contributed by atoms with van der Waals surface area (Å²) in [7, 11) is 0. The van der Waals surface area contributed by atoms with E-state index in [2.05, 4.69) is 29.3 Å². The van der Waals surface area contributed by atoms with Crippen molar-refractivity contribution in [3.8, 4) is 11.4 Å². The molecule has 0 spiro atoms. The molecule has 1 saturated heterocycles. The maximum atomic E-state index is 6.00. The fraction of sp³-hybridized carbons (Fsp3) is 0.467. The standard InChI is InChI=1S/C15H18ClN3O/c1-15(2)7-4-8-17-12(15)14-18-13(19-20-14)10-5-3-6-11(16)9-10/h3,5-6,9,12,17H,4,7-8H2,1-2H3. The van der Waals surface area contributed by atoms with Gasteiger partial charge in [-0.05, 0) is 36.9 Å². The first kappa shape index (κ1) is 13.6. The van der Waals surface area contributed by atoms with Gasteiger partial charge in [-0.3, -0.25) is 0 Å². The average Bonchev–Trinajstić information content (AvgIpc) is 2.87. The van der Waals surface area contributed by atoms with E-state index >= 15 is 0 Å². The van der Waals surface area contributed by atoms with Crippen LogP contribution < -0.4 is 5.32 Å². The Morgan fingerprint density at radius 3 is 3.00 bits per heavy atom. The zero-order valence-corrected chi connectivity index (χ0v) is 12.4. The van der Waals surface area contributed by atoms with Crippen LogP contribution in [0, 0.1) is 5.41 Å². The van der Waals surface area contributed by atoms with Gasteiger partial charge in [0.1, 0.15) is 0 Å². The molecule has 1 aliphatic heterocycles. The van der Waals surface area contributed by atoms with Crippen molar-refractivity contribution < 1.29 is 4.52 Å². The van der Waals surface area contributed by atoms with Crippen LogP contribution >= 0.6 is 11.6 Å². The molecule has 1 fully saturated rings. The summed E-state index contributed by atoms with van der Waals surface area (Å²) in [5.74, 6) is 1.25. The molecular weight excluding hydrogens is 274 g/mol. The minimum absolute atomic E-state index is 0.108. The number of hydrogen-bond acceptors (Lipinski definition) is 4. The minimum Gasteiger partial charge on any atom is -0.337 e. The van der Waals surface area contributed by atoms with Crippen molar-refractivity contribution in [2.24, 2.45) is 5.41 Å². The van der Waals surface area contributed by atoms with Gasteiger partial charge in [-0.2, -0.15) is 4.98 Å². The van der Waals surface area contributed by atoms with E-state index in [1.807, 2.05) is 24.3 Å². The molecular formula is C15H18ClN3O. The van der Waals surface area contributed by atoms with Crippen molar-refractivity contribution in [2.45, 2.75) is 32.7 Å². The first-order valence-electron chi connectivity index (χ1n) is 6.89. The Morgan fingerprint density at radius 1 is 1.40 bits per heavy atom. The number of aromatic nitrogens is 2. The molecule has 1 unspecified atom stereocenters. The van der Waals surface area contributed by atoms with Gasteiger partial charge in [0.15, 0.2) is 0 Å². The van der Waals surface area contributed by atoms with E-state index in [1.54, 1.807) is 0 Å². The summed E-state index contributed by atoms with van der Waals surface area (Å²) >= 11 is 6.00. The van der Waals surface area contributed by atoms with E-state index in [4.69, 9.17) is 16.1 Å². The second-order valence-corrected chi connectivity index (χ2v) is 6.38. The fourth-order valence-corrected chi connectivity index (χ4v) is 2.92. The van der Waals surface area contributed by atoms with Gasteiger partial charge in [0.2, 0.25) is 11.7 Å². The zero-order chi connectivity index (χ0) is 14.2. The third kappa shape index (κ3) is 2.58. The number of halogens is 1. The second-order valence-electron chi connectivity index (χ2n) is 5.95. The first-order valence-corrected chi connectivity index (χ1v) is 7.27. The molecule has 2 heterocycles. The van der Waals surface area contributed by atoms with Gasteiger partial charge in [-0.1, -0.05) is 42.7 Å². The molecule has 1 atom stereocenters. The molecule has 0 amide bonds. The summed E-state index contributed by atoms with van der Waals surface area (Å²) in [6.45, 7) is 5.45. The lowest BCUT2D eigenvalue weighted by Crippen LogP contribution is -2.39. The van der Waals surface area contributed by atoms with Crippen molar-refractivity contribution in [1.29, 1.82) is 0 Å². The predicted octanol–water partition coefficient (Wildman–Crippen LogP) is 3.84. The summed E-state index contributed by atoms with van der Waals surface area (Å²) in [4.78, 5) is 4.54. The summed E-state index contributed by atoms with van der Waals surface area (Å²) in [5.41, 5.74) is 0.997. The Balaban J connectivity index is 1.90. The van der Waals surface area contributed by atoms with Gasteiger partial charge in [0, 0.05) is 10.6 Å². The monoisotopic (exact) mass is 291 g/mol. The highest BCUT2D eigenvalue weighted by molar-refractivity contribution is 6.30. The summed E-state index contributed by atoms with van der Waals surface area (Å²) in [6, 6.07) is 7.60. The summed E-state index contributed by atoms with van der Waals surface area (Å²) < 4.78 is 5.47. The average molecular weight is 292 g/mol. The van der Waals surface area contributed by atoms with Crippen molar-refractivity contribution in [3.05, 3.63) is 35.2 Å².